The maximum absolute atomic E-state index is 6.13. The minimum absolute atomic E-state index is 0.102. The van der Waals surface area contributed by atoms with Crippen LogP contribution in [0.4, 0.5) is 0 Å². The molecule has 0 saturated carbocycles. The van der Waals surface area contributed by atoms with E-state index in [1.54, 1.807) is 0 Å². The monoisotopic (exact) mass is 192 g/mol. The van der Waals surface area contributed by atoms with Crippen LogP contribution in [0.3, 0.4) is 0 Å². The van der Waals surface area contributed by atoms with Gasteiger partial charge in [-0.05, 0) is 25.9 Å². The minimum atomic E-state index is -0.102. The van der Waals surface area contributed by atoms with E-state index in [4.69, 9.17) is 11.6 Å². The summed E-state index contributed by atoms with van der Waals surface area (Å²) in [4.78, 5) is 0. The van der Waals surface area contributed by atoms with Gasteiger partial charge in [0.25, 0.3) is 0 Å². The van der Waals surface area contributed by atoms with E-state index in [0.717, 1.165) is 0 Å². The number of hydrogen-bond acceptors (Lipinski definition) is 2. The molecule has 1 aliphatic heterocycles. The predicted molar refractivity (Wildman–Crippen MR) is 52.2 cm³/mol. The number of alkyl halides is 1. The molecule has 0 aromatic carbocycles. The smallest absolute Gasteiger partial charge is 0.177 e. The van der Waals surface area contributed by atoms with Crippen molar-refractivity contribution in [3.63, 3.8) is 0 Å². The van der Waals surface area contributed by atoms with E-state index >= 15 is 0 Å². The van der Waals surface area contributed by atoms with Crippen molar-refractivity contribution < 1.29 is 0 Å². The first-order valence-electron chi connectivity index (χ1n) is 4.41. The fourth-order valence-electron chi connectivity index (χ4n) is 1.43. The van der Waals surface area contributed by atoms with Crippen molar-refractivity contribution in [1.82, 2.24) is 9.13 Å². The van der Waals surface area contributed by atoms with Crippen LogP contribution in [0.1, 0.15) is 26.7 Å². The standard InChI is InChI=1S/C7H17ClN2Si/c1-3-5-9-7(8)10(11-9)6-4-2/h7H,3-6,11H2,1-2H3. The molecule has 0 amide bonds. The van der Waals surface area contributed by atoms with Crippen molar-refractivity contribution in [2.24, 2.45) is 0 Å². The average Bonchev–Trinajstić information content (AvgIpc) is 2.02. The Morgan fingerprint density at radius 2 is 1.64 bits per heavy atom. The average molecular weight is 193 g/mol. The summed E-state index contributed by atoms with van der Waals surface area (Å²) in [5.74, 6) is 0. The predicted octanol–water partition coefficient (Wildman–Crippen LogP) is 0.945. The molecule has 1 rings (SSSR count). The quantitative estimate of drug-likeness (QED) is 0.372. The lowest BCUT2D eigenvalue weighted by molar-refractivity contribution is 0.163. The molecular formula is C7H17ClN2Si. The van der Waals surface area contributed by atoms with Gasteiger partial charge in [0.05, 0.1) is 0 Å². The fourth-order valence-corrected chi connectivity index (χ4v) is 3.80. The Morgan fingerprint density at radius 3 is 1.91 bits per heavy atom. The highest BCUT2D eigenvalue weighted by molar-refractivity contribution is 6.39. The number of rotatable bonds is 4. The van der Waals surface area contributed by atoms with Crippen LogP contribution in [-0.4, -0.2) is 37.7 Å². The molecule has 0 atom stereocenters. The van der Waals surface area contributed by atoms with Gasteiger partial charge in [0, 0.05) is 0 Å². The zero-order valence-electron chi connectivity index (χ0n) is 7.39. The first-order valence-corrected chi connectivity index (χ1v) is 6.12. The first-order chi connectivity index (χ1) is 5.29. The SMILES string of the molecule is CCCN1[SiH2]N(CCC)C1Cl. The summed E-state index contributed by atoms with van der Waals surface area (Å²) in [7, 11) is -0.102. The zero-order chi connectivity index (χ0) is 8.27. The third kappa shape index (κ3) is 2.18. The molecule has 11 heavy (non-hydrogen) atoms. The Bertz CT molecular complexity index is 111. The molecule has 66 valence electrons. The third-order valence-corrected chi connectivity index (χ3v) is 5.05. The van der Waals surface area contributed by atoms with Crippen LogP contribution in [0.25, 0.3) is 0 Å². The van der Waals surface area contributed by atoms with Crippen LogP contribution in [0.15, 0.2) is 0 Å². The Balaban J connectivity index is 2.15. The summed E-state index contributed by atoms with van der Waals surface area (Å²) < 4.78 is 4.86. The lowest BCUT2D eigenvalue weighted by Gasteiger charge is -2.47. The molecule has 1 fully saturated rings. The minimum Gasteiger partial charge on any atom is -0.289 e. The van der Waals surface area contributed by atoms with Crippen molar-refractivity contribution in [3.05, 3.63) is 0 Å². The zero-order valence-corrected chi connectivity index (χ0v) is 9.56. The van der Waals surface area contributed by atoms with Crippen molar-refractivity contribution in [2.45, 2.75) is 32.3 Å². The maximum Gasteiger partial charge on any atom is 0.177 e. The summed E-state index contributed by atoms with van der Waals surface area (Å²) in [5.41, 5.74) is 0.238. The van der Waals surface area contributed by atoms with E-state index in [2.05, 4.69) is 23.0 Å². The lowest BCUT2D eigenvalue weighted by atomic mass is 10.5. The van der Waals surface area contributed by atoms with E-state index < -0.39 is 0 Å². The van der Waals surface area contributed by atoms with E-state index in [1.807, 2.05) is 0 Å². The number of halogens is 1. The van der Waals surface area contributed by atoms with Gasteiger partial charge in [-0.25, -0.2) is 0 Å². The highest BCUT2D eigenvalue weighted by atomic mass is 35.5. The van der Waals surface area contributed by atoms with Gasteiger partial charge in [0.1, 0.15) is 5.62 Å². The summed E-state index contributed by atoms with van der Waals surface area (Å²) in [6.07, 6.45) is 2.46. The number of nitrogens with zero attached hydrogens (tertiary/aromatic N) is 2. The van der Waals surface area contributed by atoms with Gasteiger partial charge in [0.2, 0.25) is 0 Å². The molecule has 0 spiro atoms. The summed E-state index contributed by atoms with van der Waals surface area (Å²) >= 11 is 6.13. The topological polar surface area (TPSA) is 6.48 Å². The van der Waals surface area contributed by atoms with Gasteiger partial charge in [-0.3, -0.25) is 9.13 Å². The Labute approximate surface area is 76.5 Å². The van der Waals surface area contributed by atoms with Gasteiger partial charge >= 0.3 is 0 Å². The molecule has 4 heteroatoms. The van der Waals surface area contributed by atoms with Crippen LogP contribution in [0, 0.1) is 0 Å². The van der Waals surface area contributed by atoms with Crippen LogP contribution < -0.4 is 0 Å². The second-order valence-corrected chi connectivity index (χ2v) is 5.37. The van der Waals surface area contributed by atoms with Crippen molar-refractivity contribution in [3.8, 4) is 0 Å². The van der Waals surface area contributed by atoms with Gasteiger partial charge in [-0.2, -0.15) is 0 Å². The van der Waals surface area contributed by atoms with Gasteiger partial charge in [0.15, 0.2) is 9.84 Å². The van der Waals surface area contributed by atoms with Crippen molar-refractivity contribution in [1.29, 1.82) is 0 Å². The number of hydrogen-bond donors (Lipinski definition) is 0. The van der Waals surface area contributed by atoms with Crippen LogP contribution >= 0.6 is 11.6 Å². The largest absolute Gasteiger partial charge is 0.289 e. The maximum atomic E-state index is 6.13. The molecule has 0 bridgehead atoms. The molecule has 0 unspecified atom stereocenters. The second kappa shape index (κ2) is 4.45. The first kappa shape index (κ1) is 9.51. The third-order valence-electron chi connectivity index (χ3n) is 1.99. The second-order valence-electron chi connectivity index (χ2n) is 3.08. The van der Waals surface area contributed by atoms with E-state index in [0.29, 0.717) is 0 Å². The fraction of sp³-hybridized carbons (Fsp3) is 1.00. The van der Waals surface area contributed by atoms with Crippen LogP contribution in [0.5, 0.6) is 0 Å². The Hall–Kier alpha value is 0.427. The van der Waals surface area contributed by atoms with Gasteiger partial charge in [-0.1, -0.05) is 25.4 Å². The molecule has 1 saturated heterocycles. The molecule has 0 aromatic heterocycles. The molecule has 0 radical (unpaired) electrons. The summed E-state index contributed by atoms with van der Waals surface area (Å²) in [6, 6.07) is 0. The molecule has 2 nitrogen and oxygen atoms in total. The van der Waals surface area contributed by atoms with E-state index in [1.165, 1.54) is 25.9 Å². The Morgan fingerprint density at radius 1 is 1.18 bits per heavy atom. The normalized spacial score (nSPS) is 29.2. The Kier molecular flexibility index (Phi) is 3.85. The molecule has 1 heterocycles. The molecule has 0 N–H and O–H groups in total. The van der Waals surface area contributed by atoms with Gasteiger partial charge in [-0.15, -0.1) is 0 Å². The highest BCUT2D eigenvalue weighted by Gasteiger charge is 2.33. The van der Waals surface area contributed by atoms with Crippen molar-refractivity contribution >= 4 is 21.4 Å². The molecular weight excluding hydrogens is 176 g/mol. The molecule has 1 aliphatic rings. The highest BCUT2D eigenvalue weighted by Crippen LogP contribution is 2.19. The van der Waals surface area contributed by atoms with E-state index in [9.17, 15) is 0 Å². The van der Waals surface area contributed by atoms with Gasteiger partial charge < -0.3 is 0 Å². The molecule has 0 aliphatic carbocycles. The summed E-state index contributed by atoms with van der Waals surface area (Å²) in [5, 5.41) is 0. The van der Waals surface area contributed by atoms with E-state index in [-0.39, 0.29) is 15.5 Å². The van der Waals surface area contributed by atoms with Crippen molar-refractivity contribution in [2.75, 3.05) is 13.1 Å². The van der Waals surface area contributed by atoms with Crippen LogP contribution in [0.2, 0.25) is 0 Å². The lowest BCUT2D eigenvalue weighted by Crippen LogP contribution is -2.64. The van der Waals surface area contributed by atoms with Crippen LogP contribution in [-0.2, 0) is 0 Å². The molecule has 0 aromatic rings. The summed E-state index contributed by atoms with van der Waals surface area (Å²) in [6.45, 7) is 6.81.